The summed E-state index contributed by atoms with van der Waals surface area (Å²) >= 11 is 0. The summed E-state index contributed by atoms with van der Waals surface area (Å²) in [5.41, 5.74) is 0.687. The van der Waals surface area contributed by atoms with Gasteiger partial charge in [0.2, 0.25) is 5.78 Å². The normalized spacial score (nSPS) is 14.9. The van der Waals surface area contributed by atoms with Gasteiger partial charge >= 0.3 is 0 Å². The van der Waals surface area contributed by atoms with Crippen LogP contribution in [0.2, 0.25) is 0 Å². The van der Waals surface area contributed by atoms with Gasteiger partial charge in [0.15, 0.2) is 0 Å². The number of aliphatic hydroxyl groups excluding tert-OH is 1. The number of carbonyl (C=O) groups excluding carboxylic acids is 2. The highest BCUT2D eigenvalue weighted by Gasteiger charge is 2.28. The van der Waals surface area contributed by atoms with E-state index in [0.29, 0.717) is 12.1 Å². The Morgan fingerprint density at radius 3 is 2.73 bits per heavy atom. The van der Waals surface area contributed by atoms with Gasteiger partial charge in [-0.05, 0) is 6.42 Å². The van der Waals surface area contributed by atoms with E-state index >= 15 is 0 Å². The van der Waals surface area contributed by atoms with Gasteiger partial charge in [-0.3, -0.25) is 9.59 Å². The molecule has 1 N–H and O–H groups in total. The predicted octanol–water partition coefficient (Wildman–Crippen LogP) is 0.703. The Labute approximate surface area is 85.5 Å². The molecule has 1 aliphatic carbocycles. The van der Waals surface area contributed by atoms with Crippen molar-refractivity contribution < 1.29 is 14.7 Å². The second-order valence-corrected chi connectivity index (χ2v) is 3.14. The van der Waals surface area contributed by atoms with Crippen molar-refractivity contribution in [3.63, 3.8) is 0 Å². The van der Waals surface area contributed by atoms with Gasteiger partial charge in [0.25, 0.3) is 5.78 Å². The van der Waals surface area contributed by atoms with Crippen LogP contribution in [0.1, 0.15) is 28.8 Å². The predicted molar refractivity (Wildman–Crippen MR) is 51.4 cm³/mol. The number of hydrogen-bond donors (Lipinski definition) is 1. The molecular weight excluding hydrogens is 196 g/mol. The molecule has 0 bridgehead atoms. The van der Waals surface area contributed by atoms with E-state index in [9.17, 15) is 14.7 Å². The second-order valence-electron chi connectivity index (χ2n) is 3.14. The number of ketones is 2. The van der Waals surface area contributed by atoms with Crippen molar-refractivity contribution in [3.05, 3.63) is 29.4 Å². The van der Waals surface area contributed by atoms with E-state index in [1.54, 1.807) is 0 Å². The number of allylic oxidation sites excluding steroid dienone is 1. The number of aromatic nitrogens is 2. The molecule has 0 saturated heterocycles. The molecule has 2 rings (SSSR count). The minimum atomic E-state index is -0.765. The van der Waals surface area contributed by atoms with Gasteiger partial charge in [0, 0.05) is 12.3 Å². The second kappa shape index (κ2) is 3.27. The summed E-state index contributed by atoms with van der Waals surface area (Å²) in [6.45, 7) is 1.88. The Kier molecular flexibility index (Phi) is 2.07. The molecule has 1 aromatic rings. The molecule has 0 fully saturated rings. The molecule has 5 heteroatoms. The summed E-state index contributed by atoms with van der Waals surface area (Å²) in [4.78, 5) is 30.3. The number of aliphatic hydroxyl groups is 1. The van der Waals surface area contributed by atoms with Gasteiger partial charge in [-0.1, -0.05) is 6.92 Å². The first-order chi connectivity index (χ1) is 7.13. The van der Waals surface area contributed by atoms with Crippen molar-refractivity contribution in [2.24, 2.45) is 0 Å². The number of hydrogen-bond acceptors (Lipinski definition) is 5. The molecule has 0 unspecified atom stereocenters. The molecule has 0 radical (unpaired) electrons. The lowest BCUT2D eigenvalue weighted by Gasteiger charge is -2.10. The maximum Gasteiger partial charge on any atom is 0.253 e. The lowest BCUT2D eigenvalue weighted by atomic mass is 10.0. The van der Waals surface area contributed by atoms with Crippen LogP contribution in [0.25, 0.3) is 5.76 Å². The van der Waals surface area contributed by atoms with Gasteiger partial charge in [0.05, 0.1) is 5.69 Å². The van der Waals surface area contributed by atoms with Crippen molar-refractivity contribution in [2.75, 3.05) is 0 Å². The number of rotatable bonds is 1. The smallest absolute Gasteiger partial charge is 0.253 e. The van der Waals surface area contributed by atoms with Crippen LogP contribution in [-0.2, 0) is 11.2 Å². The van der Waals surface area contributed by atoms with E-state index in [-0.39, 0.29) is 17.1 Å². The van der Waals surface area contributed by atoms with Crippen LogP contribution in [0.15, 0.2) is 12.3 Å². The number of carbonyl (C=O) groups is 2. The molecule has 0 spiro atoms. The number of aryl methyl sites for hydroxylation is 1. The van der Waals surface area contributed by atoms with Gasteiger partial charge in [-0.2, -0.15) is 0 Å². The van der Waals surface area contributed by atoms with Crippen LogP contribution < -0.4 is 0 Å². The van der Waals surface area contributed by atoms with Gasteiger partial charge in [-0.15, -0.1) is 0 Å². The Balaban J connectivity index is 2.64. The van der Waals surface area contributed by atoms with Gasteiger partial charge in [0.1, 0.15) is 17.1 Å². The maximum absolute atomic E-state index is 11.4. The number of Topliss-reactive ketones (excluding diaryl/α,β-unsaturated/α-hetero) is 1. The third-order valence-electron chi connectivity index (χ3n) is 2.13. The van der Waals surface area contributed by atoms with Crippen molar-refractivity contribution >= 4 is 17.3 Å². The highest BCUT2D eigenvalue weighted by Crippen LogP contribution is 2.19. The molecule has 0 amide bonds. The zero-order chi connectivity index (χ0) is 11.0. The van der Waals surface area contributed by atoms with Crippen LogP contribution in [0.4, 0.5) is 0 Å². The highest BCUT2D eigenvalue weighted by molar-refractivity contribution is 6.49. The van der Waals surface area contributed by atoms with Crippen LogP contribution in [0, 0.1) is 0 Å². The van der Waals surface area contributed by atoms with Gasteiger partial charge < -0.3 is 5.11 Å². The molecule has 76 valence electrons. The van der Waals surface area contributed by atoms with E-state index in [4.69, 9.17) is 0 Å². The average molecular weight is 204 g/mol. The summed E-state index contributed by atoms with van der Waals surface area (Å²) < 4.78 is 0. The van der Waals surface area contributed by atoms with Crippen molar-refractivity contribution in [3.8, 4) is 0 Å². The fourth-order valence-electron chi connectivity index (χ4n) is 1.32. The molecule has 5 nitrogen and oxygen atoms in total. The fourth-order valence-corrected chi connectivity index (χ4v) is 1.32. The topological polar surface area (TPSA) is 80.2 Å². The monoisotopic (exact) mass is 204 g/mol. The minimum Gasteiger partial charge on any atom is -0.505 e. The third kappa shape index (κ3) is 1.41. The summed E-state index contributed by atoms with van der Waals surface area (Å²) in [5, 5.41) is 9.46. The van der Waals surface area contributed by atoms with Crippen LogP contribution >= 0.6 is 0 Å². The lowest BCUT2D eigenvalue weighted by molar-refractivity contribution is -0.111. The molecule has 1 heterocycles. The summed E-state index contributed by atoms with van der Waals surface area (Å²) in [6, 6.07) is 0. The first-order valence-corrected chi connectivity index (χ1v) is 4.49. The highest BCUT2D eigenvalue weighted by atomic mass is 16.3. The zero-order valence-corrected chi connectivity index (χ0v) is 8.02. The van der Waals surface area contributed by atoms with Crippen LogP contribution in [0.3, 0.4) is 0 Å². The van der Waals surface area contributed by atoms with Crippen LogP contribution in [0.5, 0.6) is 0 Å². The van der Waals surface area contributed by atoms with Gasteiger partial charge in [-0.25, -0.2) is 9.97 Å². The summed E-state index contributed by atoms with van der Waals surface area (Å²) in [5.74, 6) is -1.78. The molecule has 1 aromatic heterocycles. The third-order valence-corrected chi connectivity index (χ3v) is 2.13. The molecular formula is C10H8N2O3. The van der Waals surface area contributed by atoms with Crippen LogP contribution in [-0.4, -0.2) is 26.6 Å². The summed E-state index contributed by atoms with van der Waals surface area (Å²) in [6.07, 6.45) is 2.96. The molecule has 15 heavy (non-hydrogen) atoms. The first kappa shape index (κ1) is 9.51. The van der Waals surface area contributed by atoms with Crippen molar-refractivity contribution in [2.45, 2.75) is 13.3 Å². The van der Waals surface area contributed by atoms with E-state index < -0.39 is 11.6 Å². The summed E-state index contributed by atoms with van der Waals surface area (Å²) in [7, 11) is 0. The maximum atomic E-state index is 11.4. The average Bonchev–Trinajstić information content (AvgIpc) is 2.25. The molecule has 0 saturated carbocycles. The largest absolute Gasteiger partial charge is 0.505 e. The van der Waals surface area contributed by atoms with E-state index in [0.717, 1.165) is 6.08 Å². The van der Waals surface area contributed by atoms with E-state index in [1.807, 2.05) is 6.92 Å². The molecule has 1 aliphatic rings. The molecule has 0 aliphatic heterocycles. The van der Waals surface area contributed by atoms with Crippen molar-refractivity contribution in [1.82, 2.24) is 9.97 Å². The SMILES string of the molecule is CCc1cnc2c(n1)C(O)=CC(=O)C2=O. The Hall–Kier alpha value is -2.04. The lowest BCUT2D eigenvalue weighted by Crippen LogP contribution is -2.21. The standard InChI is InChI=1S/C10H8N2O3/c1-2-5-4-11-9-8(12-5)6(13)3-7(14)10(9)15/h3-4,13H,2H2,1H3. The Morgan fingerprint density at radius 1 is 1.33 bits per heavy atom. The molecule has 0 aromatic carbocycles. The van der Waals surface area contributed by atoms with Crippen molar-refractivity contribution in [1.29, 1.82) is 0 Å². The Morgan fingerprint density at radius 2 is 2.07 bits per heavy atom. The van der Waals surface area contributed by atoms with E-state index in [1.165, 1.54) is 6.20 Å². The Bertz CT molecular complexity index is 491. The molecule has 0 atom stereocenters. The fraction of sp³-hybridized carbons (Fsp3) is 0.200. The quantitative estimate of drug-likeness (QED) is 0.681. The zero-order valence-electron chi connectivity index (χ0n) is 8.02. The number of fused-ring (bicyclic) bond motifs is 1. The number of nitrogens with zero attached hydrogens (tertiary/aromatic N) is 2. The minimum absolute atomic E-state index is 0.0720. The first-order valence-electron chi connectivity index (χ1n) is 4.49. The van der Waals surface area contributed by atoms with E-state index in [2.05, 4.69) is 9.97 Å².